The Labute approximate surface area is 76.1 Å². The van der Waals surface area contributed by atoms with E-state index in [4.69, 9.17) is 4.42 Å². The highest BCUT2D eigenvalue weighted by Gasteiger charge is 2.33. The summed E-state index contributed by atoms with van der Waals surface area (Å²) in [5, 5.41) is 0. The molecule has 0 aliphatic rings. The van der Waals surface area contributed by atoms with Gasteiger partial charge < -0.3 is 9.15 Å². The third kappa shape index (κ3) is 1.78. The van der Waals surface area contributed by atoms with Crippen molar-refractivity contribution < 1.29 is 22.3 Å². The Kier molecular flexibility index (Phi) is 1.83. The molecule has 1 heterocycles. The van der Waals surface area contributed by atoms with Gasteiger partial charge in [0.15, 0.2) is 5.58 Å². The second-order valence-corrected chi connectivity index (χ2v) is 2.50. The van der Waals surface area contributed by atoms with E-state index in [1.54, 1.807) is 12.1 Å². The van der Waals surface area contributed by atoms with Gasteiger partial charge in [-0.2, -0.15) is 4.98 Å². The number of para-hydroxylation sites is 2. The zero-order valence-corrected chi connectivity index (χ0v) is 6.71. The second kappa shape index (κ2) is 2.90. The van der Waals surface area contributed by atoms with Crippen molar-refractivity contribution in [2.75, 3.05) is 0 Å². The molecule has 0 spiro atoms. The van der Waals surface area contributed by atoms with Crippen LogP contribution in [0.5, 0.6) is 6.08 Å². The van der Waals surface area contributed by atoms with Crippen LogP contribution in [0.15, 0.2) is 28.7 Å². The van der Waals surface area contributed by atoms with Gasteiger partial charge in [0.1, 0.15) is 5.52 Å². The molecule has 74 valence electrons. The molecule has 2 rings (SSSR count). The number of aromatic nitrogens is 1. The van der Waals surface area contributed by atoms with Crippen LogP contribution in [0.3, 0.4) is 0 Å². The Morgan fingerprint density at radius 2 is 1.93 bits per heavy atom. The molecule has 1 aromatic heterocycles. The van der Waals surface area contributed by atoms with Crippen LogP contribution in [-0.4, -0.2) is 11.3 Å². The quantitative estimate of drug-likeness (QED) is 0.714. The molecular weight excluding hydrogens is 199 g/mol. The van der Waals surface area contributed by atoms with E-state index in [0.717, 1.165) is 0 Å². The average molecular weight is 203 g/mol. The molecule has 0 saturated carbocycles. The molecule has 0 amide bonds. The van der Waals surface area contributed by atoms with Crippen molar-refractivity contribution in [3.8, 4) is 6.08 Å². The van der Waals surface area contributed by atoms with Gasteiger partial charge in [0.2, 0.25) is 0 Å². The van der Waals surface area contributed by atoms with Crippen molar-refractivity contribution in [2.24, 2.45) is 0 Å². The van der Waals surface area contributed by atoms with Gasteiger partial charge in [0.25, 0.3) is 0 Å². The Morgan fingerprint density at radius 3 is 2.57 bits per heavy atom. The Balaban J connectivity index is 2.36. The van der Waals surface area contributed by atoms with Gasteiger partial charge in [-0.15, -0.1) is 13.2 Å². The lowest BCUT2D eigenvalue weighted by molar-refractivity contribution is -0.282. The molecule has 2 aromatic rings. The van der Waals surface area contributed by atoms with E-state index in [9.17, 15) is 13.2 Å². The summed E-state index contributed by atoms with van der Waals surface area (Å²) < 4.78 is 43.4. The summed E-state index contributed by atoms with van der Waals surface area (Å²) >= 11 is 0. The first-order chi connectivity index (χ1) is 6.54. The summed E-state index contributed by atoms with van der Waals surface area (Å²) in [6, 6.07) is 6.31. The third-order valence-electron chi connectivity index (χ3n) is 1.48. The third-order valence-corrected chi connectivity index (χ3v) is 1.48. The van der Waals surface area contributed by atoms with Gasteiger partial charge >= 0.3 is 12.4 Å². The minimum absolute atomic E-state index is 0.256. The van der Waals surface area contributed by atoms with Gasteiger partial charge in [-0.3, -0.25) is 0 Å². The van der Waals surface area contributed by atoms with E-state index in [1.165, 1.54) is 12.1 Å². The van der Waals surface area contributed by atoms with Crippen LogP contribution < -0.4 is 4.74 Å². The number of benzene rings is 1. The molecule has 14 heavy (non-hydrogen) atoms. The van der Waals surface area contributed by atoms with Crippen LogP contribution in [-0.2, 0) is 0 Å². The van der Waals surface area contributed by atoms with Crippen LogP contribution in [0.2, 0.25) is 0 Å². The zero-order chi connectivity index (χ0) is 10.2. The summed E-state index contributed by atoms with van der Waals surface area (Å²) in [7, 11) is 0. The predicted molar refractivity (Wildman–Crippen MR) is 40.7 cm³/mol. The Bertz CT molecular complexity index is 416. The number of hydrogen-bond acceptors (Lipinski definition) is 3. The molecule has 0 aliphatic heterocycles. The Morgan fingerprint density at radius 1 is 1.21 bits per heavy atom. The van der Waals surface area contributed by atoms with Crippen molar-refractivity contribution >= 4 is 11.1 Å². The number of halogens is 3. The lowest BCUT2D eigenvalue weighted by atomic mass is 10.3. The molecule has 0 fully saturated rings. The first kappa shape index (κ1) is 8.86. The molecule has 0 aliphatic carbocycles. The van der Waals surface area contributed by atoms with E-state index in [-0.39, 0.29) is 5.58 Å². The molecule has 0 N–H and O–H groups in total. The average Bonchev–Trinajstić information content (AvgIpc) is 2.42. The highest BCUT2D eigenvalue weighted by atomic mass is 19.4. The standard InChI is InChI=1S/C8H4F3NO2/c9-8(10,11)14-7-12-5-3-1-2-4-6(5)13-7/h1-4H. The van der Waals surface area contributed by atoms with E-state index >= 15 is 0 Å². The van der Waals surface area contributed by atoms with Gasteiger partial charge in [0, 0.05) is 0 Å². The summed E-state index contributed by atoms with van der Waals surface area (Å²) in [6.07, 6.45) is -5.57. The van der Waals surface area contributed by atoms with Crippen molar-refractivity contribution in [3.05, 3.63) is 24.3 Å². The number of oxazole rings is 1. The normalized spacial score (nSPS) is 11.9. The molecule has 6 heteroatoms. The topological polar surface area (TPSA) is 35.3 Å². The molecule has 0 radical (unpaired) electrons. The summed E-state index contributed by atoms with van der Waals surface area (Å²) in [4.78, 5) is 3.49. The smallest absolute Gasteiger partial charge is 0.409 e. The molecule has 1 aromatic carbocycles. The van der Waals surface area contributed by atoms with Crippen LogP contribution in [0.25, 0.3) is 11.1 Å². The van der Waals surface area contributed by atoms with Crippen LogP contribution >= 0.6 is 0 Å². The number of hydrogen-bond donors (Lipinski definition) is 0. The van der Waals surface area contributed by atoms with Crippen molar-refractivity contribution in [2.45, 2.75) is 6.36 Å². The van der Waals surface area contributed by atoms with Gasteiger partial charge in [-0.1, -0.05) is 12.1 Å². The first-order valence-corrected chi connectivity index (χ1v) is 3.66. The van der Waals surface area contributed by atoms with Crippen molar-refractivity contribution in [1.82, 2.24) is 4.98 Å². The molecule has 0 saturated heterocycles. The maximum atomic E-state index is 11.7. The monoisotopic (exact) mass is 203 g/mol. The highest BCUT2D eigenvalue weighted by Crippen LogP contribution is 2.25. The van der Waals surface area contributed by atoms with Crippen LogP contribution in [0, 0.1) is 0 Å². The SMILES string of the molecule is FC(F)(F)Oc1nc2ccccc2o1. The Hall–Kier alpha value is -1.72. The van der Waals surface area contributed by atoms with E-state index in [0.29, 0.717) is 5.52 Å². The number of fused-ring (bicyclic) bond motifs is 1. The zero-order valence-electron chi connectivity index (χ0n) is 6.71. The second-order valence-electron chi connectivity index (χ2n) is 2.50. The fourth-order valence-corrected chi connectivity index (χ4v) is 0.994. The minimum Gasteiger partial charge on any atom is -0.409 e. The minimum atomic E-state index is -4.78. The van der Waals surface area contributed by atoms with E-state index in [1.807, 2.05) is 0 Å². The van der Waals surface area contributed by atoms with Gasteiger partial charge in [0.05, 0.1) is 0 Å². The number of ether oxygens (including phenoxy) is 1. The fourth-order valence-electron chi connectivity index (χ4n) is 0.994. The maximum Gasteiger partial charge on any atom is 0.576 e. The summed E-state index contributed by atoms with van der Waals surface area (Å²) in [5.41, 5.74) is 0.582. The fraction of sp³-hybridized carbons (Fsp3) is 0.125. The lowest BCUT2D eigenvalue weighted by Gasteiger charge is -2.02. The molecule has 0 bridgehead atoms. The number of alkyl halides is 3. The molecule has 3 nitrogen and oxygen atoms in total. The van der Waals surface area contributed by atoms with Crippen LogP contribution in [0.1, 0.15) is 0 Å². The highest BCUT2D eigenvalue weighted by molar-refractivity contribution is 5.72. The first-order valence-electron chi connectivity index (χ1n) is 3.66. The van der Waals surface area contributed by atoms with Gasteiger partial charge in [-0.25, -0.2) is 0 Å². The van der Waals surface area contributed by atoms with E-state index in [2.05, 4.69) is 9.72 Å². The molecular formula is C8H4F3NO2. The largest absolute Gasteiger partial charge is 0.576 e. The summed E-state index contributed by atoms with van der Waals surface area (Å²) in [6.45, 7) is 0. The number of nitrogens with zero attached hydrogens (tertiary/aromatic N) is 1. The van der Waals surface area contributed by atoms with Crippen molar-refractivity contribution in [3.63, 3.8) is 0 Å². The number of rotatable bonds is 1. The summed E-state index contributed by atoms with van der Waals surface area (Å²) in [5.74, 6) is 0. The van der Waals surface area contributed by atoms with Crippen LogP contribution in [0.4, 0.5) is 13.2 Å². The molecule has 0 atom stereocenters. The lowest BCUT2D eigenvalue weighted by Crippen LogP contribution is -2.17. The predicted octanol–water partition coefficient (Wildman–Crippen LogP) is 2.73. The van der Waals surface area contributed by atoms with Gasteiger partial charge in [-0.05, 0) is 12.1 Å². The maximum absolute atomic E-state index is 11.7. The molecule has 0 unspecified atom stereocenters. The van der Waals surface area contributed by atoms with E-state index < -0.39 is 12.4 Å². The van der Waals surface area contributed by atoms with Crippen molar-refractivity contribution in [1.29, 1.82) is 0 Å².